The summed E-state index contributed by atoms with van der Waals surface area (Å²) in [5.74, 6) is 0.0682. The first-order valence-corrected chi connectivity index (χ1v) is 8.22. The molecule has 1 aliphatic rings. The maximum atomic E-state index is 12.5. The summed E-state index contributed by atoms with van der Waals surface area (Å²) in [5, 5.41) is 2.21. The molecule has 1 heterocycles. The number of nitrogens with two attached hydrogens (primary N) is 2. The minimum Gasteiger partial charge on any atom is -0.370 e. The molecule has 1 aromatic carbocycles. The smallest absolute Gasteiger partial charge is 0.195 e. The number of guanidine groups is 1. The monoisotopic (exact) mass is 328 g/mol. The van der Waals surface area contributed by atoms with Crippen molar-refractivity contribution in [1.29, 1.82) is 0 Å². The first-order chi connectivity index (χ1) is 9.69. The lowest BCUT2D eigenvalue weighted by molar-refractivity contribution is 0.544. The average Bonchev–Trinajstić information content (AvgIpc) is 2.43. The van der Waals surface area contributed by atoms with Crippen LogP contribution >= 0.6 is 11.6 Å². The maximum absolute atomic E-state index is 12.5. The molecule has 0 radical (unpaired) electrons. The molecule has 1 aliphatic heterocycles. The van der Waals surface area contributed by atoms with Gasteiger partial charge in [-0.25, -0.2) is 13.4 Å². The Morgan fingerprint density at radius 2 is 1.95 bits per heavy atom. The molecule has 0 saturated carbocycles. The lowest BCUT2D eigenvalue weighted by Gasteiger charge is -2.30. The second-order valence-electron chi connectivity index (χ2n) is 4.99. The van der Waals surface area contributed by atoms with Gasteiger partial charge in [0.2, 0.25) is 0 Å². The Kier molecular flexibility index (Phi) is 4.01. The highest BCUT2D eigenvalue weighted by Crippen LogP contribution is 2.36. The second-order valence-corrected chi connectivity index (χ2v) is 7.87. The van der Waals surface area contributed by atoms with Gasteiger partial charge < -0.3 is 11.1 Å². The minimum atomic E-state index is -3.53. The quantitative estimate of drug-likeness (QED) is 0.766. The van der Waals surface area contributed by atoms with E-state index < -0.39 is 20.8 Å². The third kappa shape index (κ3) is 2.64. The molecule has 0 bridgehead atoms. The predicted molar refractivity (Wildman–Crippen MR) is 83.3 cm³/mol. The summed E-state index contributed by atoms with van der Waals surface area (Å²) < 4.78 is 25.0. The van der Waals surface area contributed by atoms with E-state index in [1.54, 1.807) is 32.0 Å². The second kappa shape index (κ2) is 5.32. The molecule has 5 N–H and O–H groups in total. The van der Waals surface area contributed by atoms with E-state index >= 15 is 0 Å². The van der Waals surface area contributed by atoms with Crippen LogP contribution in [0.1, 0.15) is 19.4 Å². The third-order valence-electron chi connectivity index (χ3n) is 3.23. The fourth-order valence-corrected chi connectivity index (χ4v) is 3.50. The van der Waals surface area contributed by atoms with Gasteiger partial charge in [-0.3, -0.25) is 5.73 Å². The van der Waals surface area contributed by atoms with Crippen LogP contribution in [0.5, 0.6) is 0 Å². The molecule has 21 heavy (non-hydrogen) atoms. The van der Waals surface area contributed by atoms with Crippen LogP contribution in [-0.2, 0) is 15.5 Å². The SMILES string of the molecule is CC(C)S(=O)(=O)c1ccccc1C1(N)N=C(N)NC=C1Cl. The molecule has 0 amide bonds. The number of nitrogens with one attached hydrogen (secondary N) is 1. The van der Waals surface area contributed by atoms with Crippen molar-refractivity contribution in [2.24, 2.45) is 16.5 Å². The van der Waals surface area contributed by atoms with E-state index in [-0.39, 0.29) is 15.9 Å². The lowest BCUT2D eigenvalue weighted by atomic mass is 10.00. The van der Waals surface area contributed by atoms with Crippen molar-refractivity contribution in [2.45, 2.75) is 29.7 Å². The fraction of sp³-hybridized carbons (Fsp3) is 0.308. The highest BCUT2D eigenvalue weighted by molar-refractivity contribution is 7.92. The zero-order chi connectivity index (χ0) is 15.8. The number of benzene rings is 1. The Hall–Kier alpha value is -1.57. The lowest BCUT2D eigenvalue weighted by Crippen LogP contribution is -2.45. The van der Waals surface area contributed by atoms with Gasteiger partial charge in [-0.05, 0) is 19.9 Å². The highest BCUT2D eigenvalue weighted by atomic mass is 35.5. The summed E-state index contributed by atoms with van der Waals surface area (Å²) in [6.45, 7) is 3.21. The molecule has 0 aliphatic carbocycles. The van der Waals surface area contributed by atoms with Crippen LogP contribution in [0.4, 0.5) is 0 Å². The van der Waals surface area contributed by atoms with E-state index in [2.05, 4.69) is 10.3 Å². The number of sulfone groups is 1. The van der Waals surface area contributed by atoms with E-state index in [9.17, 15) is 8.42 Å². The van der Waals surface area contributed by atoms with Gasteiger partial charge in [0.25, 0.3) is 0 Å². The zero-order valence-corrected chi connectivity index (χ0v) is 13.2. The summed E-state index contributed by atoms with van der Waals surface area (Å²) in [5.41, 5.74) is 10.7. The Labute approximate surface area is 128 Å². The summed E-state index contributed by atoms with van der Waals surface area (Å²) in [4.78, 5) is 4.20. The van der Waals surface area contributed by atoms with Gasteiger partial charge in [0.05, 0.1) is 15.2 Å². The topological polar surface area (TPSA) is 111 Å². The molecule has 0 aromatic heterocycles. The fourth-order valence-electron chi connectivity index (χ4n) is 2.00. The predicted octanol–water partition coefficient (Wildman–Crippen LogP) is 0.978. The Morgan fingerprint density at radius 3 is 2.57 bits per heavy atom. The van der Waals surface area contributed by atoms with Crippen molar-refractivity contribution in [3.63, 3.8) is 0 Å². The van der Waals surface area contributed by atoms with Crippen LogP contribution < -0.4 is 16.8 Å². The van der Waals surface area contributed by atoms with Gasteiger partial charge in [-0.15, -0.1) is 0 Å². The van der Waals surface area contributed by atoms with Crippen molar-refractivity contribution in [3.8, 4) is 0 Å². The van der Waals surface area contributed by atoms with Crippen LogP contribution in [0.2, 0.25) is 0 Å². The first kappa shape index (κ1) is 15.8. The van der Waals surface area contributed by atoms with E-state index in [0.29, 0.717) is 5.56 Å². The van der Waals surface area contributed by atoms with E-state index in [4.69, 9.17) is 23.1 Å². The first-order valence-electron chi connectivity index (χ1n) is 6.30. The van der Waals surface area contributed by atoms with Crippen molar-refractivity contribution in [3.05, 3.63) is 41.1 Å². The van der Waals surface area contributed by atoms with Gasteiger partial charge in [0, 0.05) is 11.8 Å². The zero-order valence-electron chi connectivity index (χ0n) is 11.7. The van der Waals surface area contributed by atoms with E-state index in [0.717, 1.165) is 0 Å². The molecule has 0 spiro atoms. The molecule has 8 heteroatoms. The van der Waals surface area contributed by atoms with Crippen molar-refractivity contribution < 1.29 is 8.42 Å². The van der Waals surface area contributed by atoms with Crippen molar-refractivity contribution in [2.75, 3.05) is 0 Å². The normalized spacial score (nSPS) is 22.5. The van der Waals surface area contributed by atoms with Gasteiger partial charge in [-0.1, -0.05) is 29.8 Å². The number of halogens is 1. The average molecular weight is 329 g/mol. The molecule has 1 atom stereocenters. The molecule has 114 valence electrons. The Morgan fingerprint density at radius 1 is 1.33 bits per heavy atom. The van der Waals surface area contributed by atoms with E-state index in [1.165, 1.54) is 12.3 Å². The maximum Gasteiger partial charge on any atom is 0.195 e. The number of rotatable bonds is 3. The summed E-state index contributed by atoms with van der Waals surface area (Å²) in [6.07, 6.45) is 1.41. The van der Waals surface area contributed by atoms with Crippen LogP contribution in [0.15, 0.2) is 45.4 Å². The Balaban J connectivity index is 2.72. The third-order valence-corrected chi connectivity index (χ3v) is 5.84. The summed E-state index contributed by atoms with van der Waals surface area (Å²) in [6, 6.07) is 6.40. The molecule has 0 saturated heterocycles. The molecule has 1 aromatic rings. The molecule has 1 unspecified atom stereocenters. The highest BCUT2D eigenvalue weighted by Gasteiger charge is 2.38. The summed E-state index contributed by atoms with van der Waals surface area (Å²) in [7, 11) is -3.53. The largest absolute Gasteiger partial charge is 0.370 e. The van der Waals surface area contributed by atoms with Crippen molar-refractivity contribution in [1.82, 2.24) is 5.32 Å². The molecule has 6 nitrogen and oxygen atoms in total. The number of aliphatic imine (C=N–C) groups is 1. The minimum absolute atomic E-state index is 0.0682. The van der Waals surface area contributed by atoms with E-state index in [1.807, 2.05) is 0 Å². The number of hydrogen-bond donors (Lipinski definition) is 3. The van der Waals surface area contributed by atoms with Crippen molar-refractivity contribution >= 4 is 27.4 Å². The number of hydrogen-bond acceptors (Lipinski definition) is 6. The summed E-state index contributed by atoms with van der Waals surface area (Å²) >= 11 is 6.14. The number of nitrogens with zero attached hydrogens (tertiary/aromatic N) is 1. The molecule has 2 rings (SSSR count). The van der Waals surface area contributed by atoms with Gasteiger partial charge >= 0.3 is 0 Å². The van der Waals surface area contributed by atoms with Crippen LogP contribution in [-0.4, -0.2) is 19.6 Å². The van der Waals surface area contributed by atoms with Gasteiger partial charge in [0.15, 0.2) is 21.5 Å². The van der Waals surface area contributed by atoms with Crippen LogP contribution in [0.3, 0.4) is 0 Å². The van der Waals surface area contributed by atoms with Crippen LogP contribution in [0, 0.1) is 0 Å². The molecule has 0 fully saturated rings. The molecular formula is C13H17ClN4O2S. The van der Waals surface area contributed by atoms with Gasteiger partial charge in [0.1, 0.15) is 0 Å². The van der Waals surface area contributed by atoms with Gasteiger partial charge in [-0.2, -0.15) is 0 Å². The van der Waals surface area contributed by atoms with Crippen LogP contribution in [0.25, 0.3) is 0 Å². The standard InChI is InChI=1S/C13H17ClN4O2S/c1-8(2)21(19,20)10-6-4-3-5-9(10)13(16)11(14)7-17-12(15)18-13/h3-8H,16H2,1-2H3,(H3,15,17,18). The molecular weight excluding hydrogens is 312 g/mol. The Bertz CT molecular complexity index is 727.